The number of hydrogen-bond acceptors (Lipinski definition) is 2. The van der Waals surface area contributed by atoms with Gasteiger partial charge in [0.25, 0.3) is 0 Å². The van der Waals surface area contributed by atoms with Crippen LogP contribution in [0.5, 0.6) is 5.75 Å². The van der Waals surface area contributed by atoms with Gasteiger partial charge in [-0.25, -0.2) is 0 Å². The quantitative estimate of drug-likeness (QED) is 0.878. The third-order valence-electron chi connectivity index (χ3n) is 5.45. The van der Waals surface area contributed by atoms with E-state index in [2.05, 4.69) is 11.5 Å². The molecule has 1 aromatic carbocycles. The van der Waals surface area contributed by atoms with Crippen molar-refractivity contribution in [1.29, 1.82) is 0 Å². The van der Waals surface area contributed by atoms with Crippen LogP contribution in [0.1, 0.15) is 42.2 Å². The average molecular weight is 315 g/mol. The molecule has 23 heavy (non-hydrogen) atoms. The Labute approximate surface area is 138 Å². The lowest BCUT2D eigenvalue weighted by atomic mass is 9.99. The van der Waals surface area contributed by atoms with Gasteiger partial charge in [-0.3, -0.25) is 4.79 Å². The van der Waals surface area contributed by atoms with Gasteiger partial charge in [0.15, 0.2) is 0 Å². The predicted octanol–water partition coefficient (Wildman–Crippen LogP) is 2.14. The second-order valence-corrected chi connectivity index (χ2v) is 6.71. The highest BCUT2D eigenvalue weighted by atomic mass is 16.5. The molecule has 0 spiro atoms. The van der Waals surface area contributed by atoms with Crippen LogP contribution < -0.4 is 9.64 Å². The topological polar surface area (TPSA) is 35.7 Å². The van der Waals surface area contributed by atoms with Gasteiger partial charge in [0.2, 0.25) is 5.78 Å². The van der Waals surface area contributed by atoms with Crippen molar-refractivity contribution >= 4 is 16.7 Å². The second kappa shape index (κ2) is 6.36. The largest absolute Gasteiger partial charge is 0.497 e. The molecule has 124 valence electrons. The van der Waals surface area contributed by atoms with Gasteiger partial charge >= 0.3 is 0 Å². The monoisotopic (exact) mass is 315 g/mol. The zero-order chi connectivity index (χ0) is 16.6. The van der Waals surface area contributed by atoms with Crippen molar-refractivity contribution in [2.45, 2.75) is 39.2 Å². The predicted molar refractivity (Wildman–Crippen MR) is 92.5 cm³/mol. The molecule has 2 aromatic rings. The number of nitrogens with one attached hydrogen (secondary N) is 1. The van der Waals surface area contributed by atoms with E-state index in [1.54, 1.807) is 7.11 Å². The zero-order valence-electron chi connectivity index (χ0n) is 14.6. The number of carbonyl (C=O) groups is 1. The lowest BCUT2D eigenvalue weighted by Crippen LogP contribution is -3.17. The molecule has 1 aliphatic heterocycles. The molecule has 0 radical (unpaired) electrons. The van der Waals surface area contributed by atoms with Gasteiger partial charge in [-0.1, -0.05) is 0 Å². The number of benzene rings is 1. The Hall–Kier alpha value is -1.81. The summed E-state index contributed by atoms with van der Waals surface area (Å²) >= 11 is 0. The number of methoxy groups -OCH3 is 1. The lowest BCUT2D eigenvalue weighted by molar-refractivity contribution is -0.918. The Balaban J connectivity index is 2.03. The summed E-state index contributed by atoms with van der Waals surface area (Å²) in [4.78, 5) is 14.6. The smallest absolute Gasteiger partial charge is 0.222 e. The summed E-state index contributed by atoms with van der Waals surface area (Å²) in [6.45, 7) is 6.35. The molecule has 2 heterocycles. The van der Waals surface area contributed by atoms with Crippen LogP contribution in [-0.2, 0) is 7.05 Å². The van der Waals surface area contributed by atoms with Crippen LogP contribution in [0.4, 0.5) is 0 Å². The van der Waals surface area contributed by atoms with Gasteiger partial charge in [-0.15, -0.1) is 0 Å². The first-order chi connectivity index (χ1) is 11.0. The third-order valence-corrected chi connectivity index (χ3v) is 5.45. The van der Waals surface area contributed by atoms with Crippen molar-refractivity contribution in [3.05, 3.63) is 29.5 Å². The Morgan fingerprint density at radius 2 is 1.96 bits per heavy atom. The van der Waals surface area contributed by atoms with E-state index in [4.69, 9.17) is 4.74 Å². The number of aromatic nitrogens is 1. The first kappa shape index (κ1) is 16.1. The molecule has 0 amide bonds. The van der Waals surface area contributed by atoms with Crippen LogP contribution in [-0.4, -0.2) is 36.6 Å². The van der Waals surface area contributed by atoms with Crippen LogP contribution in [0.2, 0.25) is 0 Å². The standard InChI is InChI=1S/C19H26N2O2/c1-13-18(19(22)14(2)21-10-6-5-7-11-21)16-12-15(23-4)8-9-17(16)20(13)3/h8-9,12,14H,5-7,10-11H2,1-4H3/p+1/t14-/m1/s1. The SMILES string of the molecule is COc1ccc2c(c1)c(C(=O)[C@@H](C)[NH+]1CCCCC1)c(C)n2C. The molecule has 0 bridgehead atoms. The Bertz CT molecular complexity index is 727. The maximum atomic E-state index is 13.2. The van der Waals surface area contributed by atoms with Crippen molar-refractivity contribution in [3.63, 3.8) is 0 Å². The van der Waals surface area contributed by atoms with Crippen molar-refractivity contribution in [2.75, 3.05) is 20.2 Å². The van der Waals surface area contributed by atoms with Gasteiger partial charge in [0.05, 0.1) is 25.8 Å². The minimum atomic E-state index is 0.0193. The molecule has 1 aliphatic rings. The zero-order valence-corrected chi connectivity index (χ0v) is 14.6. The number of fused-ring (bicyclic) bond motifs is 1. The average Bonchev–Trinajstić information content (AvgIpc) is 2.84. The van der Waals surface area contributed by atoms with E-state index in [0.29, 0.717) is 0 Å². The van der Waals surface area contributed by atoms with E-state index in [1.165, 1.54) is 24.2 Å². The first-order valence-electron chi connectivity index (χ1n) is 8.56. The summed E-state index contributed by atoms with van der Waals surface area (Å²) in [7, 11) is 3.69. The number of hydrogen-bond donors (Lipinski definition) is 1. The first-order valence-corrected chi connectivity index (χ1v) is 8.56. The molecule has 1 atom stereocenters. The number of nitrogens with zero attached hydrogens (tertiary/aromatic N) is 1. The number of ketones is 1. The molecule has 4 heteroatoms. The van der Waals surface area contributed by atoms with Crippen molar-refractivity contribution in [3.8, 4) is 5.75 Å². The number of carbonyl (C=O) groups excluding carboxylic acids is 1. The molecule has 1 aromatic heterocycles. The minimum Gasteiger partial charge on any atom is -0.497 e. The Morgan fingerprint density at radius 1 is 1.26 bits per heavy atom. The van der Waals surface area contributed by atoms with Crippen LogP contribution in [0.3, 0.4) is 0 Å². The van der Waals surface area contributed by atoms with Crippen molar-refractivity contribution in [2.24, 2.45) is 7.05 Å². The molecule has 4 nitrogen and oxygen atoms in total. The van der Waals surface area contributed by atoms with E-state index in [-0.39, 0.29) is 11.8 Å². The molecule has 1 N–H and O–H groups in total. The second-order valence-electron chi connectivity index (χ2n) is 6.71. The van der Waals surface area contributed by atoms with Gasteiger partial charge in [-0.05, 0) is 51.3 Å². The van der Waals surface area contributed by atoms with Gasteiger partial charge < -0.3 is 14.2 Å². The molecular formula is C19H27N2O2+. The number of quaternary nitrogens is 1. The Kier molecular flexibility index (Phi) is 4.44. The number of piperidine rings is 1. The lowest BCUT2D eigenvalue weighted by Gasteiger charge is -2.28. The maximum Gasteiger partial charge on any atom is 0.222 e. The Morgan fingerprint density at radius 3 is 2.61 bits per heavy atom. The fourth-order valence-electron chi connectivity index (χ4n) is 3.83. The summed E-state index contributed by atoms with van der Waals surface area (Å²) in [6, 6.07) is 6.00. The number of aryl methyl sites for hydroxylation is 1. The van der Waals surface area contributed by atoms with Crippen LogP contribution >= 0.6 is 0 Å². The van der Waals surface area contributed by atoms with E-state index in [9.17, 15) is 4.79 Å². The van der Waals surface area contributed by atoms with Crippen molar-refractivity contribution in [1.82, 2.24) is 4.57 Å². The molecule has 0 saturated carbocycles. The van der Waals surface area contributed by atoms with Crippen LogP contribution in [0.15, 0.2) is 18.2 Å². The van der Waals surface area contributed by atoms with E-state index >= 15 is 0 Å². The number of rotatable bonds is 4. The van der Waals surface area contributed by atoms with Gasteiger partial charge in [-0.2, -0.15) is 0 Å². The molecule has 0 aliphatic carbocycles. The number of likely N-dealkylation sites (tertiary alicyclic amines) is 1. The summed E-state index contributed by atoms with van der Waals surface area (Å²) in [6.07, 6.45) is 3.76. The highest BCUT2D eigenvalue weighted by molar-refractivity contribution is 6.11. The fraction of sp³-hybridized carbons (Fsp3) is 0.526. The third kappa shape index (κ3) is 2.76. The highest BCUT2D eigenvalue weighted by Crippen LogP contribution is 2.29. The van der Waals surface area contributed by atoms with Crippen LogP contribution in [0.25, 0.3) is 10.9 Å². The van der Waals surface area contributed by atoms with E-state index < -0.39 is 0 Å². The molecule has 0 unspecified atom stereocenters. The summed E-state index contributed by atoms with van der Waals surface area (Å²) in [5, 5.41) is 1.01. The van der Waals surface area contributed by atoms with Gasteiger partial charge in [0, 0.05) is 23.6 Å². The molecular weight excluding hydrogens is 288 g/mol. The normalized spacial score (nSPS) is 17.4. The van der Waals surface area contributed by atoms with Gasteiger partial charge in [0.1, 0.15) is 11.8 Å². The molecule has 3 rings (SSSR count). The summed E-state index contributed by atoms with van der Waals surface area (Å²) in [5.41, 5.74) is 3.00. The summed E-state index contributed by atoms with van der Waals surface area (Å²) in [5.74, 6) is 1.06. The van der Waals surface area contributed by atoms with E-state index in [1.807, 2.05) is 32.2 Å². The highest BCUT2D eigenvalue weighted by Gasteiger charge is 2.31. The number of Topliss-reactive ketones (excluding diaryl/α,β-unsaturated/α-hetero) is 1. The fourth-order valence-corrected chi connectivity index (χ4v) is 3.83. The van der Waals surface area contributed by atoms with E-state index in [0.717, 1.165) is 41.0 Å². The summed E-state index contributed by atoms with van der Waals surface area (Å²) < 4.78 is 7.47. The molecule has 1 fully saturated rings. The van der Waals surface area contributed by atoms with Crippen molar-refractivity contribution < 1.29 is 14.4 Å². The number of ether oxygens (including phenoxy) is 1. The minimum absolute atomic E-state index is 0.0193. The molecule has 1 saturated heterocycles. The maximum absolute atomic E-state index is 13.2. The van der Waals surface area contributed by atoms with Crippen LogP contribution in [0, 0.1) is 6.92 Å².